The highest BCUT2D eigenvalue weighted by Crippen LogP contribution is 2.18. The fourth-order valence-corrected chi connectivity index (χ4v) is 2.26. The average molecular weight is 290 g/mol. The second-order valence-electron chi connectivity index (χ2n) is 4.71. The second-order valence-corrected chi connectivity index (χ2v) is 4.71. The molecule has 0 aliphatic carbocycles. The van der Waals surface area contributed by atoms with Gasteiger partial charge in [0.1, 0.15) is 6.04 Å². The molecule has 1 amide bonds. The molecule has 1 N–H and O–H groups in total. The Labute approximate surface area is 120 Å². The fourth-order valence-electron chi connectivity index (χ4n) is 2.26. The molecular weight excluding hydrogens is 276 g/mol. The Balaban J connectivity index is 2.05. The van der Waals surface area contributed by atoms with Crippen LogP contribution in [-0.2, 0) is 9.59 Å². The van der Waals surface area contributed by atoms with Crippen molar-refractivity contribution in [1.29, 1.82) is 0 Å². The van der Waals surface area contributed by atoms with E-state index in [1.807, 2.05) is 0 Å². The molecule has 2 rings (SSSR count). The number of nitro groups is 1. The maximum atomic E-state index is 12.0. The summed E-state index contributed by atoms with van der Waals surface area (Å²) in [5.41, 5.74) is 0.615. The van der Waals surface area contributed by atoms with Gasteiger partial charge in [-0.2, -0.15) is 0 Å². The molecule has 110 valence electrons. The molecule has 1 fully saturated rings. The molecule has 1 unspecified atom stereocenters. The Morgan fingerprint density at radius 3 is 2.57 bits per heavy atom. The van der Waals surface area contributed by atoms with Gasteiger partial charge in [0.2, 0.25) is 5.91 Å². The van der Waals surface area contributed by atoms with Gasteiger partial charge in [-0.1, -0.05) is 0 Å². The summed E-state index contributed by atoms with van der Waals surface area (Å²) in [6.45, 7) is 0.431. The van der Waals surface area contributed by atoms with Crippen LogP contribution in [0.4, 0.5) is 5.69 Å². The SMILES string of the molecule is O=C(O)C1CCCN1C(=O)/C=C/c1ccc([N+](=O)[O-])cc1. The van der Waals surface area contributed by atoms with Gasteiger partial charge in [-0.25, -0.2) is 4.79 Å². The number of carbonyl (C=O) groups excluding carboxylic acids is 1. The summed E-state index contributed by atoms with van der Waals surface area (Å²) in [7, 11) is 0. The van der Waals surface area contributed by atoms with Crippen molar-refractivity contribution >= 4 is 23.6 Å². The van der Waals surface area contributed by atoms with E-state index in [9.17, 15) is 19.7 Å². The molecule has 1 atom stereocenters. The quantitative estimate of drug-likeness (QED) is 0.516. The molecule has 1 heterocycles. The molecule has 7 heteroatoms. The molecule has 7 nitrogen and oxygen atoms in total. The van der Waals surface area contributed by atoms with Crippen molar-refractivity contribution in [3.63, 3.8) is 0 Å². The number of nitro benzene ring substituents is 1. The number of non-ortho nitro benzene ring substituents is 1. The lowest BCUT2D eigenvalue weighted by Crippen LogP contribution is -2.39. The highest BCUT2D eigenvalue weighted by Gasteiger charge is 2.32. The molecule has 1 aliphatic rings. The van der Waals surface area contributed by atoms with Crippen LogP contribution >= 0.6 is 0 Å². The first-order chi connectivity index (χ1) is 9.99. The molecule has 0 radical (unpaired) electrons. The van der Waals surface area contributed by atoms with Crippen molar-refractivity contribution in [3.05, 3.63) is 46.0 Å². The molecule has 1 saturated heterocycles. The number of likely N-dealkylation sites (tertiary alicyclic amines) is 1. The van der Waals surface area contributed by atoms with Crippen LogP contribution in [-0.4, -0.2) is 39.4 Å². The maximum absolute atomic E-state index is 12.0. The number of amides is 1. The Bertz CT molecular complexity index is 594. The van der Waals surface area contributed by atoms with Crippen molar-refractivity contribution in [1.82, 2.24) is 4.90 Å². The van der Waals surface area contributed by atoms with E-state index < -0.39 is 16.9 Å². The maximum Gasteiger partial charge on any atom is 0.326 e. The number of nitrogens with zero attached hydrogens (tertiary/aromatic N) is 2. The van der Waals surface area contributed by atoms with Gasteiger partial charge in [-0.15, -0.1) is 0 Å². The number of carboxylic acids is 1. The van der Waals surface area contributed by atoms with E-state index >= 15 is 0 Å². The normalized spacial score (nSPS) is 18.1. The zero-order valence-electron chi connectivity index (χ0n) is 11.1. The zero-order chi connectivity index (χ0) is 15.4. The molecule has 1 aliphatic heterocycles. The lowest BCUT2D eigenvalue weighted by atomic mass is 10.2. The minimum atomic E-state index is -0.996. The Kier molecular flexibility index (Phi) is 4.32. The van der Waals surface area contributed by atoms with E-state index in [2.05, 4.69) is 0 Å². The molecule has 1 aromatic carbocycles. The summed E-state index contributed by atoms with van der Waals surface area (Å²) in [5.74, 6) is -1.36. The minimum absolute atomic E-state index is 0.0241. The van der Waals surface area contributed by atoms with Crippen LogP contribution < -0.4 is 0 Å². The topological polar surface area (TPSA) is 101 Å². The van der Waals surface area contributed by atoms with E-state index in [1.165, 1.54) is 41.3 Å². The Morgan fingerprint density at radius 2 is 2.00 bits per heavy atom. The second kappa shape index (κ2) is 6.17. The minimum Gasteiger partial charge on any atom is -0.480 e. The van der Waals surface area contributed by atoms with Crippen molar-refractivity contribution in [2.24, 2.45) is 0 Å². The first-order valence-corrected chi connectivity index (χ1v) is 6.45. The first kappa shape index (κ1) is 14.7. The van der Waals surface area contributed by atoms with Crippen molar-refractivity contribution in [2.75, 3.05) is 6.54 Å². The van der Waals surface area contributed by atoms with Gasteiger partial charge in [-0.3, -0.25) is 14.9 Å². The number of rotatable bonds is 4. The monoisotopic (exact) mass is 290 g/mol. The highest BCUT2D eigenvalue weighted by molar-refractivity contribution is 5.94. The zero-order valence-corrected chi connectivity index (χ0v) is 11.1. The number of hydrogen-bond acceptors (Lipinski definition) is 4. The van der Waals surface area contributed by atoms with Gasteiger partial charge in [0.25, 0.3) is 5.69 Å². The first-order valence-electron chi connectivity index (χ1n) is 6.45. The number of carboxylic acid groups (broad SMARTS) is 1. The van der Waals surface area contributed by atoms with E-state index in [0.717, 1.165) is 0 Å². The Morgan fingerprint density at radius 1 is 1.33 bits per heavy atom. The summed E-state index contributed by atoms with van der Waals surface area (Å²) < 4.78 is 0. The lowest BCUT2D eigenvalue weighted by Gasteiger charge is -2.19. The van der Waals surface area contributed by atoms with Gasteiger partial charge in [0.05, 0.1) is 4.92 Å². The van der Waals surface area contributed by atoms with Crippen LogP contribution in [0.3, 0.4) is 0 Å². The van der Waals surface area contributed by atoms with Gasteiger partial charge < -0.3 is 10.0 Å². The molecule has 21 heavy (non-hydrogen) atoms. The van der Waals surface area contributed by atoms with E-state index in [1.54, 1.807) is 0 Å². The van der Waals surface area contributed by atoms with Gasteiger partial charge in [0.15, 0.2) is 0 Å². The van der Waals surface area contributed by atoms with Crippen LogP contribution in [0.2, 0.25) is 0 Å². The summed E-state index contributed by atoms with van der Waals surface area (Å²) >= 11 is 0. The van der Waals surface area contributed by atoms with Crippen LogP contribution in [0.15, 0.2) is 30.3 Å². The largest absolute Gasteiger partial charge is 0.480 e. The van der Waals surface area contributed by atoms with Gasteiger partial charge in [0, 0.05) is 24.8 Å². The van der Waals surface area contributed by atoms with E-state index in [4.69, 9.17) is 5.11 Å². The summed E-state index contributed by atoms with van der Waals surface area (Å²) in [6.07, 6.45) is 3.95. The van der Waals surface area contributed by atoms with Crippen molar-refractivity contribution in [2.45, 2.75) is 18.9 Å². The third kappa shape index (κ3) is 3.44. The molecule has 1 aromatic rings. The molecular formula is C14H14N2O5. The van der Waals surface area contributed by atoms with E-state index in [-0.39, 0.29) is 11.6 Å². The van der Waals surface area contributed by atoms with Crippen molar-refractivity contribution < 1.29 is 19.6 Å². The number of carbonyl (C=O) groups is 2. The fraction of sp³-hybridized carbons (Fsp3) is 0.286. The predicted molar refractivity (Wildman–Crippen MR) is 74.5 cm³/mol. The van der Waals surface area contributed by atoms with Crippen molar-refractivity contribution in [3.8, 4) is 0 Å². The average Bonchev–Trinajstić information content (AvgIpc) is 2.95. The molecule has 0 spiro atoms. The molecule has 0 aromatic heterocycles. The third-order valence-electron chi connectivity index (χ3n) is 3.34. The number of benzene rings is 1. The van der Waals surface area contributed by atoms with Crippen LogP contribution in [0.25, 0.3) is 6.08 Å². The van der Waals surface area contributed by atoms with Gasteiger partial charge in [-0.05, 0) is 36.6 Å². The molecule has 0 bridgehead atoms. The highest BCUT2D eigenvalue weighted by atomic mass is 16.6. The Hall–Kier alpha value is -2.70. The summed E-state index contributed by atoms with van der Waals surface area (Å²) in [5, 5.41) is 19.5. The number of aliphatic carboxylic acids is 1. The summed E-state index contributed by atoms with van der Waals surface area (Å²) in [6, 6.07) is 4.99. The molecule has 0 saturated carbocycles. The number of hydrogen-bond donors (Lipinski definition) is 1. The van der Waals surface area contributed by atoms with Gasteiger partial charge >= 0.3 is 5.97 Å². The summed E-state index contributed by atoms with van der Waals surface area (Å²) in [4.78, 5) is 34.3. The predicted octanol–water partition coefficient (Wildman–Crippen LogP) is 1.68. The lowest BCUT2D eigenvalue weighted by molar-refractivity contribution is -0.384. The third-order valence-corrected chi connectivity index (χ3v) is 3.34. The standard InChI is InChI=1S/C14H14N2O5/c17-13(15-9-1-2-12(15)14(18)19)8-5-10-3-6-11(7-4-10)16(20)21/h3-8,12H,1-2,9H2,(H,18,19)/b8-5+. The van der Waals surface area contributed by atoms with Crippen LogP contribution in [0, 0.1) is 10.1 Å². The van der Waals surface area contributed by atoms with Crippen LogP contribution in [0.1, 0.15) is 18.4 Å². The van der Waals surface area contributed by atoms with E-state index in [0.29, 0.717) is 24.9 Å². The van der Waals surface area contributed by atoms with Crippen LogP contribution in [0.5, 0.6) is 0 Å². The smallest absolute Gasteiger partial charge is 0.326 e.